The van der Waals surface area contributed by atoms with E-state index >= 15 is 0 Å². The van der Waals surface area contributed by atoms with Crippen LogP contribution < -0.4 is 0 Å². The van der Waals surface area contributed by atoms with E-state index in [9.17, 15) is 26.4 Å². The molecule has 1 aromatic heterocycles. The summed E-state index contributed by atoms with van der Waals surface area (Å²) in [4.78, 5) is 27.3. The first kappa shape index (κ1) is 25.0. The minimum Gasteiger partial charge on any atom is -0.475 e. The molecule has 0 radical (unpaired) electrons. The molecule has 13 heteroatoms. The molecule has 0 aromatic carbocycles. The second-order valence-corrected chi connectivity index (χ2v) is 9.44. The number of aryl methyl sites for hydroxylation is 1. The van der Waals surface area contributed by atoms with Gasteiger partial charge in [0.1, 0.15) is 6.61 Å². The fraction of sp³-hybridized carbons (Fsp3) is 0.611. The number of carbonyl (C=O) groups is 2. The van der Waals surface area contributed by atoms with Gasteiger partial charge in [0.05, 0.1) is 30.6 Å². The number of ether oxygens (including phenoxy) is 1. The van der Waals surface area contributed by atoms with Crippen molar-refractivity contribution < 1.29 is 41.0 Å². The number of sulfonamides is 1. The minimum atomic E-state index is -5.08. The molecule has 2 aliphatic rings. The van der Waals surface area contributed by atoms with Crippen molar-refractivity contribution in [3.63, 3.8) is 0 Å². The monoisotopic (exact) mass is 467 g/mol. The lowest BCUT2D eigenvalue weighted by Crippen LogP contribution is -2.58. The Balaban J connectivity index is 0.000000423. The SMILES string of the molecule is Cc1cccc(CN2CC3(CCN(S(C)(=O)=O)CC3)OCC2=O)n1.O=C(O)C(F)(F)F. The molecule has 0 atom stereocenters. The molecule has 174 valence electrons. The highest BCUT2D eigenvalue weighted by atomic mass is 32.2. The third kappa shape index (κ3) is 7.14. The number of alkyl halides is 3. The van der Waals surface area contributed by atoms with E-state index in [1.807, 2.05) is 25.1 Å². The Hall–Kier alpha value is -2.25. The maximum atomic E-state index is 12.2. The Morgan fingerprint density at radius 3 is 2.35 bits per heavy atom. The molecule has 9 nitrogen and oxygen atoms in total. The standard InChI is InChI=1S/C16H23N3O4S.C2HF3O2/c1-13-4-3-5-14(17-13)10-18-12-16(23-11-15(18)20)6-8-19(9-7-16)24(2,21)22;3-2(4,5)1(6)7/h3-5H,6-12H2,1-2H3;(H,6,7). The van der Waals surface area contributed by atoms with Crippen molar-refractivity contribution in [2.24, 2.45) is 0 Å². The first-order chi connectivity index (χ1) is 14.2. The van der Waals surface area contributed by atoms with Crippen LogP contribution in [-0.2, 0) is 30.9 Å². The average Bonchev–Trinajstić information content (AvgIpc) is 2.64. The van der Waals surface area contributed by atoms with Gasteiger partial charge in [-0.15, -0.1) is 0 Å². The molecule has 1 spiro atoms. The van der Waals surface area contributed by atoms with Gasteiger partial charge in [-0.3, -0.25) is 9.78 Å². The van der Waals surface area contributed by atoms with Crippen LogP contribution in [0, 0.1) is 6.92 Å². The van der Waals surface area contributed by atoms with Gasteiger partial charge in [-0.2, -0.15) is 13.2 Å². The van der Waals surface area contributed by atoms with Crippen LogP contribution in [0.15, 0.2) is 18.2 Å². The Labute approximate surface area is 177 Å². The van der Waals surface area contributed by atoms with E-state index in [0.717, 1.165) is 11.4 Å². The molecule has 1 amide bonds. The number of nitrogens with zero attached hydrogens (tertiary/aromatic N) is 3. The Morgan fingerprint density at radius 2 is 1.87 bits per heavy atom. The Kier molecular flexibility index (Phi) is 7.66. The number of halogens is 3. The number of amides is 1. The predicted molar refractivity (Wildman–Crippen MR) is 102 cm³/mol. The summed E-state index contributed by atoms with van der Waals surface area (Å²) in [6, 6.07) is 5.77. The molecular weight excluding hydrogens is 443 g/mol. The lowest BCUT2D eigenvalue weighted by atomic mass is 9.90. The van der Waals surface area contributed by atoms with Crippen molar-refractivity contribution in [1.82, 2.24) is 14.2 Å². The number of rotatable bonds is 3. The van der Waals surface area contributed by atoms with Crippen LogP contribution in [0.3, 0.4) is 0 Å². The number of hydrogen-bond donors (Lipinski definition) is 1. The number of aliphatic carboxylic acids is 1. The lowest BCUT2D eigenvalue weighted by Gasteiger charge is -2.46. The van der Waals surface area contributed by atoms with E-state index in [2.05, 4.69) is 4.98 Å². The van der Waals surface area contributed by atoms with E-state index in [1.54, 1.807) is 4.90 Å². The number of hydrogen-bond acceptors (Lipinski definition) is 6. The summed E-state index contributed by atoms with van der Waals surface area (Å²) in [5, 5.41) is 7.12. The summed E-state index contributed by atoms with van der Waals surface area (Å²) in [5.74, 6) is -2.80. The number of piperidine rings is 1. The van der Waals surface area contributed by atoms with Gasteiger partial charge in [0.15, 0.2) is 0 Å². The minimum absolute atomic E-state index is 0.0463. The van der Waals surface area contributed by atoms with Crippen LogP contribution in [0.25, 0.3) is 0 Å². The van der Waals surface area contributed by atoms with Crippen LogP contribution in [0.1, 0.15) is 24.2 Å². The summed E-state index contributed by atoms with van der Waals surface area (Å²) < 4.78 is 62.4. The molecule has 3 heterocycles. The topological polar surface area (TPSA) is 117 Å². The normalized spacial score (nSPS) is 19.6. The number of aromatic nitrogens is 1. The highest BCUT2D eigenvalue weighted by molar-refractivity contribution is 7.88. The van der Waals surface area contributed by atoms with Crippen LogP contribution in [0.2, 0.25) is 0 Å². The van der Waals surface area contributed by atoms with Crippen LogP contribution in [0.4, 0.5) is 13.2 Å². The van der Waals surface area contributed by atoms with E-state index in [0.29, 0.717) is 39.0 Å². The zero-order valence-electron chi connectivity index (χ0n) is 17.1. The molecule has 1 N–H and O–H groups in total. The summed E-state index contributed by atoms with van der Waals surface area (Å²) in [7, 11) is -3.17. The first-order valence-corrected chi connectivity index (χ1v) is 11.2. The fourth-order valence-electron chi connectivity index (χ4n) is 3.34. The zero-order chi connectivity index (χ0) is 23.4. The fourth-order valence-corrected chi connectivity index (χ4v) is 4.19. The number of carboxylic acids is 1. The smallest absolute Gasteiger partial charge is 0.475 e. The van der Waals surface area contributed by atoms with Crippen molar-refractivity contribution in [3.8, 4) is 0 Å². The van der Waals surface area contributed by atoms with Gasteiger partial charge < -0.3 is 14.7 Å². The third-order valence-corrected chi connectivity index (χ3v) is 6.28. The summed E-state index contributed by atoms with van der Waals surface area (Å²) in [5.41, 5.74) is 1.33. The van der Waals surface area contributed by atoms with Crippen LogP contribution >= 0.6 is 0 Å². The number of pyridine rings is 1. The number of morpholine rings is 1. The van der Waals surface area contributed by atoms with E-state index in [1.165, 1.54) is 10.6 Å². The maximum Gasteiger partial charge on any atom is 0.490 e. The van der Waals surface area contributed by atoms with Crippen molar-refractivity contribution in [2.45, 2.75) is 38.1 Å². The largest absolute Gasteiger partial charge is 0.490 e. The molecule has 2 fully saturated rings. The maximum absolute atomic E-state index is 12.2. The van der Waals surface area contributed by atoms with Crippen molar-refractivity contribution >= 4 is 21.9 Å². The van der Waals surface area contributed by atoms with E-state index in [-0.39, 0.29) is 12.5 Å². The second-order valence-electron chi connectivity index (χ2n) is 7.46. The highest BCUT2D eigenvalue weighted by Gasteiger charge is 2.43. The summed E-state index contributed by atoms with van der Waals surface area (Å²) in [6.45, 7) is 3.78. The molecule has 2 saturated heterocycles. The molecule has 2 aliphatic heterocycles. The summed E-state index contributed by atoms with van der Waals surface area (Å²) in [6.07, 6.45) is -2.65. The molecule has 0 aliphatic carbocycles. The van der Waals surface area contributed by atoms with E-state index in [4.69, 9.17) is 14.6 Å². The quantitative estimate of drug-likeness (QED) is 0.709. The lowest BCUT2D eigenvalue weighted by molar-refractivity contribution is -0.192. The Bertz CT molecular complexity index is 914. The highest BCUT2D eigenvalue weighted by Crippen LogP contribution is 2.31. The van der Waals surface area contributed by atoms with Gasteiger partial charge >= 0.3 is 12.1 Å². The Morgan fingerprint density at radius 1 is 1.29 bits per heavy atom. The molecular formula is C18H24F3N3O6S. The first-order valence-electron chi connectivity index (χ1n) is 9.31. The predicted octanol–water partition coefficient (Wildman–Crippen LogP) is 1.18. The summed E-state index contributed by atoms with van der Waals surface area (Å²) >= 11 is 0. The van der Waals surface area contributed by atoms with Gasteiger partial charge in [0, 0.05) is 18.8 Å². The van der Waals surface area contributed by atoms with Gasteiger partial charge in [0.2, 0.25) is 15.9 Å². The second kappa shape index (κ2) is 9.49. The molecule has 0 saturated carbocycles. The average molecular weight is 467 g/mol. The zero-order valence-corrected chi connectivity index (χ0v) is 17.9. The van der Waals surface area contributed by atoms with Gasteiger partial charge in [0.25, 0.3) is 0 Å². The van der Waals surface area contributed by atoms with Crippen molar-refractivity contribution in [1.29, 1.82) is 0 Å². The van der Waals surface area contributed by atoms with Crippen LogP contribution in [0.5, 0.6) is 0 Å². The molecule has 31 heavy (non-hydrogen) atoms. The van der Waals surface area contributed by atoms with Gasteiger partial charge in [-0.25, -0.2) is 17.5 Å². The van der Waals surface area contributed by atoms with Gasteiger partial charge in [-0.1, -0.05) is 6.07 Å². The number of carboxylic acid groups (broad SMARTS) is 1. The van der Waals surface area contributed by atoms with Crippen molar-refractivity contribution in [2.75, 3.05) is 32.5 Å². The van der Waals surface area contributed by atoms with Crippen LogP contribution in [-0.4, -0.2) is 83.9 Å². The molecule has 0 bridgehead atoms. The van der Waals surface area contributed by atoms with Crippen molar-refractivity contribution in [3.05, 3.63) is 29.6 Å². The van der Waals surface area contributed by atoms with E-state index < -0.39 is 27.8 Å². The molecule has 3 rings (SSSR count). The molecule has 0 unspecified atom stereocenters. The molecule has 1 aromatic rings. The van der Waals surface area contributed by atoms with Gasteiger partial charge in [-0.05, 0) is 31.9 Å². The third-order valence-electron chi connectivity index (χ3n) is 4.98. The number of carbonyl (C=O) groups excluding carboxylic acids is 1.